The Hall–Kier alpha value is -0.330. The van der Waals surface area contributed by atoms with Crippen LogP contribution in [0.25, 0.3) is 0 Å². The molecule has 1 nitrogen and oxygen atoms in total. The smallest absolute Gasteiger partial charge is 0.0276 e. The fraction of sp³-hybridized carbons (Fsp3) is 0.800. The van der Waals surface area contributed by atoms with Crippen molar-refractivity contribution in [2.75, 3.05) is 7.05 Å². The highest BCUT2D eigenvalue weighted by atomic mass is 14.7. The predicted molar refractivity (Wildman–Crippen MR) is 29.3 cm³/mol. The maximum Gasteiger partial charge on any atom is 0.0276 e. The van der Waals surface area contributed by atoms with E-state index < -0.39 is 0 Å². The molecule has 1 heteroatoms. The average molecular weight is 85.1 g/mol. The zero-order valence-electron chi connectivity index (χ0n) is 4.65. The monoisotopic (exact) mass is 85.1 g/mol. The fourth-order valence-electron chi connectivity index (χ4n) is 0.158. The van der Waals surface area contributed by atoms with Crippen LogP contribution in [0.2, 0.25) is 0 Å². The second-order valence-electron chi connectivity index (χ2n) is 1.31. The summed E-state index contributed by atoms with van der Waals surface area (Å²) in [5.74, 6) is 0. The molecule has 0 radical (unpaired) electrons. The van der Waals surface area contributed by atoms with E-state index in [9.17, 15) is 0 Å². The Kier molecular flexibility index (Phi) is 2.73. The molecule has 0 spiro atoms. The fourth-order valence-corrected chi connectivity index (χ4v) is 0.158. The van der Waals surface area contributed by atoms with Crippen LogP contribution in [0, 0.1) is 0 Å². The molecule has 0 aliphatic heterocycles. The van der Waals surface area contributed by atoms with Gasteiger partial charge in [0.25, 0.3) is 0 Å². The van der Waals surface area contributed by atoms with Gasteiger partial charge in [0, 0.05) is 12.8 Å². The quantitative estimate of drug-likeness (QED) is 0.428. The third-order valence-corrected chi connectivity index (χ3v) is 0.893. The van der Waals surface area contributed by atoms with Crippen LogP contribution < -0.4 is 0 Å². The molecule has 0 fully saturated rings. The van der Waals surface area contributed by atoms with Gasteiger partial charge in [-0.1, -0.05) is 6.92 Å². The van der Waals surface area contributed by atoms with E-state index in [1.54, 1.807) is 0 Å². The van der Waals surface area contributed by atoms with Gasteiger partial charge >= 0.3 is 0 Å². The third-order valence-electron chi connectivity index (χ3n) is 0.893. The SMILES string of the molecule is CC/C(C)=N\C. The minimum Gasteiger partial charge on any atom is -0.298 e. The molecule has 0 saturated heterocycles. The second kappa shape index (κ2) is 2.88. The summed E-state index contributed by atoms with van der Waals surface area (Å²) in [7, 11) is 1.82. The summed E-state index contributed by atoms with van der Waals surface area (Å²) >= 11 is 0. The summed E-state index contributed by atoms with van der Waals surface area (Å²) in [6, 6.07) is 0. The van der Waals surface area contributed by atoms with Crippen LogP contribution in [0.1, 0.15) is 20.3 Å². The van der Waals surface area contributed by atoms with Gasteiger partial charge in [0.15, 0.2) is 0 Å². The molecule has 6 heavy (non-hydrogen) atoms. The highest BCUT2D eigenvalue weighted by Gasteiger charge is 1.75. The lowest BCUT2D eigenvalue weighted by Crippen LogP contribution is -1.83. The zero-order valence-corrected chi connectivity index (χ0v) is 4.65. The van der Waals surface area contributed by atoms with Crippen LogP contribution in [-0.2, 0) is 0 Å². The molecule has 0 atom stereocenters. The van der Waals surface area contributed by atoms with Crippen LogP contribution in [0.3, 0.4) is 0 Å². The van der Waals surface area contributed by atoms with Crippen molar-refractivity contribution < 1.29 is 0 Å². The summed E-state index contributed by atoms with van der Waals surface area (Å²) in [5, 5.41) is 0. The van der Waals surface area contributed by atoms with Gasteiger partial charge in [0.2, 0.25) is 0 Å². The van der Waals surface area contributed by atoms with Crippen molar-refractivity contribution in [3.05, 3.63) is 0 Å². The van der Waals surface area contributed by atoms with E-state index in [-0.39, 0.29) is 0 Å². The largest absolute Gasteiger partial charge is 0.298 e. The standard InChI is InChI=1S/C5H11N/c1-4-5(2)6-3/h4H2,1-3H3/b6-5-. The first-order valence-electron chi connectivity index (χ1n) is 2.23. The second-order valence-corrected chi connectivity index (χ2v) is 1.31. The van der Waals surface area contributed by atoms with Gasteiger partial charge < -0.3 is 0 Å². The first-order valence-corrected chi connectivity index (χ1v) is 2.23. The molecule has 0 saturated carbocycles. The van der Waals surface area contributed by atoms with Crippen LogP contribution in [-0.4, -0.2) is 12.8 Å². The molecule has 0 N–H and O–H groups in total. The number of aliphatic imine (C=N–C) groups is 1. The number of hydrogen-bond acceptors (Lipinski definition) is 1. The molecule has 0 aromatic rings. The molecule has 0 amide bonds. The molecule has 36 valence electrons. The van der Waals surface area contributed by atoms with Gasteiger partial charge in [-0.15, -0.1) is 0 Å². The minimum absolute atomic E-state index is 1.08. The molecular weight excluding hydrogens is 74.1 g/mol. The Morgan fingerprint density at radius 3 is 2.17 bits per heavy atom. The average Bonchev–Trinajstić information content (AvgIpc) is 1.65. The Morgan fingerprint density at radius 2 is 2.17 bits per heavy atom. The molecule has 0 unspecified atom stereocenters. The van der Waals surface area contributed by atoms with Crippen molar-refractivity contribution in [1.82, 2.24) is 0 Å². The molecular formula is C5H11N. The number of hydrogen-bond donors (Lipinski definition) is 0. The molecule has 0 aromatic carbocycles. The first kappa shape index (κ1) is 5.67. The summed E-state index contributed by atoms with van der Waals surface area (Å²) < 4.78 is 0. The highest BCUT2D eigenvalue weighted by molar-refractivity contribution is 5.81. The summed E-state index contributed by atoms with van der Waals surface area (Å²) in [6.45, 7) is 4.13. The van der Waals surface area contributed by atoms with Crippen molar-refractivity contribution in [2.24, 2.45) is 4.99 Å². The van der Waals surface area contributed by atoms with Gasteiger partial charge in [-0.2, -0.15) is 0 Å². The lowest BCUT2D eigenvalue weighted by Gasteiger charge is -1.84. The van der Waals surface area contributed by atoms with E-state index >= 15 is 0 Å². The van der Waals surface area contributed by atoms with Gasteiger partial charge in [-0.25, -0.2) is 0 Å². The van der Waals surface area contributed by atoms with Gasteiger partial charge in [-0.3, -0.25) is 4.99 Å². The van der Waals surface area contributed by atoms with E-state index in [0.717, 1.165) is 6.42 Å². The Bertz CT molecular complexity index is 55.0. The molecule has 0 heterocycles. The van der Waals surface area contributed by atoms with Crippen LogP contribution in [0.5, 0.6) is 0 Å². The Labute approximate surface area is 39.1 Å². The van der Waals surface area contributed by atoms with Crippen molar-refractivity contribution in [3.8, 4) is 0 Å². The van der Waals surface area contributed by atoms with E-state index in [2.05, 4.69) is 11.9 Å². The van der Waals surface area contributed by atoms with E-state index in [1.165, 1.54) is 5.71 Å². The summed E-state index contributed by atoms with van der Waals surface area (Å²) in [5.41, 5.74) is 1.22. The molecule has 0 bridgehead atoms. The maximum absolute atomic E-state index is 3.92. The normalized spacial score (nSPS) is 12.2. The molecule has 0 aliphatic rings. The lowest BCUT2D eigenvalue weighted by atomic mass is 10.3. The van der Waals surface area contributed by atoms with E-state index in [0.29, 0.717) is 0 Å². The zero-order chi connectivity index (χ0) is 4.99. The maximum atomic E-state index is 3.92. The van der Waals surface area contributed by atoms with Gasteiger partial charge in [-0.05, 0) is 13.3 Å². The van der Waals surface area contributed by atoms with Gasteiger partial charge in [0.1, 0.15) is 0 Å². The predicted octanol–water partition coefficient (Wildman–Crippen LogP) is 1.49. The topological polar surface area (TPSA) is 12.4 Å². The van der Waals surface area contributed by atoms with Crippen molar-refractivity contribution in [3.63, 3.8) is 0 Å². The van der Waals surface area contributed by atoms with Crippen molar-refractivity contribution in [2.45, 2.75) is 20.3 Å². The first-order chi connectivity index (χ1) is 2.81. The number of rotatable bonds is 1. The Balaban J connectivity index is 3.22. The van der Waals surface area contributed by atoms with Crippen molar-refractivity contribution >= 4 is 5.71 Å². The van der Waals surface area contributed by atoms with E-state index in [4.69, 9.17) is 0 Å². The molecule has 0 aromatic heterocycles. The Morgan fingerprint density at radius 1 is 1.67 bits per heavy atom. The minimum atomic E-state index is 1.08. The molecule has 0 rings (SSSR count). The van der Waals surface area contributed by atoms with Crippen molar-refractivity contribution in [1.29, 1.82) is 0 Å². The van der Waals surface area contributed by atoms with Crippen LogP contribution in [0.15, 0.2) is 4.99 Å². The number of nitrogens with zero attached hydrogens (tertiary/aromatic N) is 1. The third kappa shape index (κ3) is 1.94. The summed E-state index contributed by atoms with van der Waals surface area (Å²) in [4.78, 5) is 3.92. The van der Waals surface area contributed by atoms with Crippen LogP contribution in [0.4, 0.5) is 0 Å². The van der Waals surface area contributed by atoms with Crippen LogP contribution >= 0.6 is 0 Å². The summed E-state index contributed by atoms with van der Waals surface area (Å²) in [6.07, 6.45) is 1.08. The molecule has 0 aliphatic carbocycles. The van der Waals surface area contributed by atoms with Gasteiger partial charge in [0.05, 0.1) is 0 Å². The highest BCUT2D eigenvalue weighted by Crippen LogP contribution is 1.78. The lowest BCUT2D eigenvalue weighted by molar-refractivity contribution is 1.23. The van der Waals surface area contributed by atoms with E-state index in [1.807, 2.05) is 14.0 Å².